The van der Waals surface area contributed by atoms with Crippen LogP contribution < -0.4 is 10.6 Å². The summed E-state index contributed by atoms with van der Waals surface area (Å²) >= 11 is 1.37. The van der Waals surface area contributed by atoms with Crippen molar-refractivity contribution in [1.82, 2.24) is 14.6 Å². The number of aryl methyl sites for hydroxylation is 1. The smallest absolute Gasteiger partial charge is 0.407 e. The van der Waals surface area contributed by atoms with Gasteiger partial charge in [-0.3, -0.25) is 4.79 Å². The fourth-order valence-corrected chi connectivity index (χ4v) is 6.49. The number of aliphatic hydroxyl groups is 1. The number of anilines is 1. The topological polar surface area (TPSA) is 138 Å². The Hall–Kier alpha value is -3.06. The van der Waals surface area contributed by atoms with Crippen LogP contribution in [0.15, 0.2) is 52.9 Å². The monoisotopic (exact) mass is 548 g/mol. The lowest BCUT2D eigenvalue weighted by Crippen LogP contribution is -2.44. The highest BCUT2D eigenvalue weighted by Crippen LogP contribution is 2.27. The van der Waals surface area contributed by atoms with Crippen LogP contribution in [0.25, 0.3) is 10.2 Å². The molecule has 1 atom stereocenters. The molecule has 200 valence electrons. The first-order valence-electron chi connectivity index (χ1n) is 11.8. The third-order valence-electron chi connectivity index (χ3n) is 5.69. The Bertz CT molecular complexity index is 1330. The molecule has 37 heavy (non-hydrogen) atoms. The van der Waals surface area contributed by atoms with Gasteiger partial charge < -0.3 is 20.5 Å². The number of nitrogens with zero attached hydrogens (tertiary/aromatic N) is 2. The van der Waals surface area contributed by atoms with Crippen molar-refractivity contribution in [3.8, 4) is 0 Å². The molecule has 2 aromatic carbocycles. The number of thiazole rings is 1. The number of benzene rings is 2. The van der Waals surface area contributed by atoms with Crippen molar-refractivity contribution in [2.75, 3.05) is 32.1 Å². The van der Waals surface area contributed by atoms with Gasteiger partial charge in [-0.15, -0.1) is 11.3 Å². The first-order valence-corrected chi connectivity index (χ1v) is 14.1. The lowest BCUT2D eigenvalue weighted by atomic mass is 10.0. The summed E-state index contributed by atoms with van der Waals surface area (Å²) in [6.07, 6.45) is 0.0259. The number of methoxy groups -OCH3 is 1. The van der Waals surface area contributed by atoms with E-state index in [9.17, 15) is 23.1 Å². The molecule has 1 unspecified atom stereocenters. The summed E-state index contributed by atoms with van der Waals surface area (Å²) in [5.74, 6) is -0.399. The van der Waals surface area contributed by atoms with Crippen LogP contribution in [0, 0.1) is 5.92 Å². The Morgan fingerprint density at radius 1 is 1.19 bits per heavy atom. The van der Waals surface area contributed by atoms with E-state index in [0.29, 0.717) is 18.5 Å². The highest BCUT2D eigenvalue weighted by atomic mass is 32.2. The van der Waals surface area contributed by atoms with Crippen molar-refractivity contribution in [3.63, 3.8) is 0 Å². The predicted molar refractivity (Wildman–Crippen MR) is 143 cm³/mol. The summed E-state index contributed by atoms with van der Waals surface area (Å²) in [6.45, 7) is 3.48. The maximum atomic E-state index is 13.7. The van der Waals surface area contributed by atoms with Crippen molar-refractivity contribution < 1.29 is 27.9 Å². The van der Waals surface area contributed by atoms with Gasteiger partial charge in [0.1, 0.15) is 6.54 Å². The first-order chi connectivity index (χ1) is 17.6. The molecule has 0 aliphatic carbocycles. The quantitative estimate of drug-likeness (QED) is 0.316. The summed E-state index contributed by atoms with van der Waals surface area (Å²) in [5, 5.41) is 15.3. The molecule has 12 heteroatoms. The lowest BCUT2D eigenvalue weighted by molar-refractivity contribution is -0.115. The fourth-order valence-electron chi connectivity index (χ4n) is 3.86. The third-order valence-corrected chi connectivity index (χ3v) is 8.40. The van der Waals surface area contributed by atoms with Gasteiger partial charge in [-0.25, -0.2) is 18.2 Å². The molecule has 3 N–H and O–H groups in total. The highest BCUT2D eigenvalue weighted by molar-refractivity contribution is 7.89. The fraction of sp³-hybridized carbons (Fsp3) is 0.400. The van der Waals surface area contributed by atoms with Crippen LogP contribution in [0.1, 0.15) is 25.8 Å². The SMILES string of the molecule is COC(=O)NCC(=O)Nc1ccccc1CCC(CO)N(CC(C)C)S(=O)(=O)c1ccc2ncsc2c1. The molecule has 3 rings (SSSR count). The Kier molecular flexibility index (Phi) is 9.98. The zero-order valence-corrected chi connectivity index (χ0v) is 22.6. The standard InChI is InChI=1S/C25H32N4O6S2/c1-17(2)14-29(37(33,34)20-10-11-22-23(12-20)36-16-27-22)19(15-30)9-8-18-6-4-5-7-21(18)28-24(31)13-26-25(32)35-3/h4-7,10-12,16-17,19,30H,8-9,13-15H2,1-3H3,(H,26,32)(H,28,31). The Balaban J connectivity index is 1.79. The van der Waals surface area contributed by atoms with Crippen LogP contribution in [-0.2, 0) is 26.0 Å². The number of rotatable bonds is 12. The number of alkyl carbamates (subject to hydrolysis) is 1. The van der Waals surface area contributed by atoms with Crippen molar-refractivity contribution >= 4 is 49.3 Å². The number of sulfonamides is 1. The predicted octanol–water partition coefficient (Wildman–Crippen LogP) is 3.23. The van der Waals surface area contributed by atoms with E-state index in [4.69, 9.17) is 0 Å². The first kappa shape index (κ1) is 28.5. The molecule has 0 bridgehead atoms. The molecule has 1 heterocycles. The lowest BCUT2D eigenvalue weighted by Gasteiger charge is -2.31. The molecule has 0 saturated carbocycles. The molecule has 0 saturated heterocycles. The Morgan fingerprint density at radius 2 is 1.95 bits per heavy atom. The molecule has 3 aromatic rings. The molecule has 0 fully saturated rings. The molecule has 0 aliphatic heterocycles. The van der Waals surface area contributed by atoms with Crippen molar-refractivity contribution in [1.29, 1.82) is 0 Å². The number of hydrogen-bond acceptors (Lipinski definition) is 8. The second-order valence-corrected chi connectivity index (χ2v) is 11.7. The number of amides is 2. The van der Waals surface area contributed by atoms with Crippen molar-refractivity contribution in [2.24, 2.45) is 5.92 Å². The molecule has 0 spiro atoms. The number of hydrogen-bond donors (Lipinski definition) is 3. The van der Waals surface area contributed by atoms with Gasteiger partial charge in [0.15, 0.2) is 0 Å². The van der Waals surface area contributed by atoms with Gasteiger partial charge in [0.2, 0.25) is 15.9 Å². The maximum Gasteiger partial charge on any atom is 0.407 e. The maximum absolute atomic E-state index is 13.7. The number of aromatic nitrogens is 1. The molecule has 0 aliphatic rings. The van der Waals surface area contributed by atoms with Crippen LogP contribution in [0.4, 0.5) is 10.5 Å². The molecule has 2 amide bonds. The van der Waals surface area contributed by atoms with Gasteiger partial charge >= 0.3 is 6.09 Å². The minimum absolute atomic E-state index is 0.0323. The average Bonchev–Trinajstić information content (AvgIpc) is 3.35. The van der Waals surface area contributed by atoms with Crippen LogP contribution in [-0.4, -0.2) is 67.7 Å². The Labute approximate surface area is 220 Å². The molecular formula is C25H32N4O6S2. The van der Waals surface area contributed by atoms with E-state index >= 15 is 0 Å². The van der Waals surface area contributed by atoms with E-state index in [1.807, 2.05) is 26.0 Å². The van der Waals surface area contributed by atoms with Gasteiger partial charge in [-0.2, -0.15) is 4.31 Å². The molecular weight excluding hydrogens is 516 g/mol. The van der Waals surface area contributed by atoms with Crippen molar-refractivity contribution in [2.45, 2.75) is 37.6 Å². The van der Waals surface area contributed by atoms with Crippen LogP contribution >= 0.6 is 11.3 Å². The number of aliphatic hydroxyl groups excluding tert-OH is 1. The van der Waals surface area contributed by atoms with Crippen LogP contribution in [0.5, 0.6) is 0 Å². The zero-order chi connectivity index (χ0) is 27.0. The van der Waals surface area contributed by atoms with Crippen LogP contribution in [0.2, 0.25) is 0 Å². The van der Waals surface area contributed by atoms with Gasteiger partial charge in [0.05, 0.1) is 34.3 Å². The van der Waals surface area contributed by atoms with E-state index in [1.165, 1.54) is 22.8 Å². The minimum Gasteiger partial charge on any atom is -0.453 e. The summed E-state index contributed by atoms with van der Waals surface area (Å²) in [4.78, 5) is 27.9. The van der Waals surface area contributed by atoms with E-state index in [2.05, 4.69) is 20.4 Å². The number of para-hydroxylation sites is 1. The van der Waals surface area contributed by atoms with Crippen LogP contribution in [0.3, 0.4) is 0 Å². The zero-order valence-electron chi connectivity index (χ0n) is 21.0. The molecule has 1 aromatic heterocycles. The Morgan fingerprint density at radius 3 is 2.65 bits per heavy atom. The summed E-state index contributed by atoms with van der Waals surface area (Å²) < 4.78 is 34.0. The van der Waals surface area contributed by atoms with E-state index in [-0.39, 0.29) is 30.5 Å². The number of fused-ring (bicyclic) bond motifs is 1. The normalized spacial score (nSPS) is 12.6. The van der Waals surface area contributed by atoms with Gasteiger partial charge in [-0.05, 0) is 48.6 Å². The van der Waals surface area contributed by atoms with E-state index in [0.717, 1.165) is 15.8 Å². The number of carbonyl (C=O) groups excluding carboxylic acids is 2. The van der Waals surface area contributed by atoms with Crippen molar-refractivity contribution in [3.05, 3.63) is 53.5 Å². The van der Waals surface area contributed by atoms with Gasteiger partial charge in [-0.1, -0.05) is 32.0 Å². The van der Waals surface area contributed by atoms with E-state index in [1.54, 1.807) is 35.8 Å². The van der Waals surface area contributed by atoms with Gasteiger partial charge in [0.25, 0.3) is 0 Å². The second-order valence-electron chi connectivity index (χ2n) is 8.88. The summed E-state index contributed by atoms with van der Waals surface area (Å²) in [7, 11) is -2.69. The number of carbonyl (C=O) groups is 2. The third kappa shape index (κ3) is 7.48. The van der Waals surface area contributed by atoms with E-state index < -0.39 is 28.1 Å². The number of nitrogens with one attached hydrogen (secondary N) is 2. The number of ether oxygens (including phenoxy) is 1. The minimum atomic E-state index is -3.90. The largest absolute Gasteiger partial charge is 0.453 e. The van der Waals surface area contributed by atoms with Gasteiger partial charge in [0, 0.05) is 18.3 Å². The molecule has 10 nitrogen and oxygen atoms in total. The summed E-state index contributed by atoms with van der Waals surface area (Å²) in [5.41, 5.74) is 3.73. The summed E-state index contributed by atoms with van der Waals surface area (Å²) in [6, 6.07) is 11.3. The highest BCUT2D eigenvalue weighted by Gasteiger charge is 2.32. The second kappa shape index (κ2) is 13.0. The average molecular weight is 549 g/mol. The molecule has 0 radical (unpaired) electrons.